The maximum atomic E-state index is 12.7. The highest BCUT2D eigenvalue weighted by atomic mass is 32.2. The third-order valence-corrected chi connectivity index (χ3v) is 5.02. The number of likely N-dealkylation sites (N-methyl/N-ethyl adjacent to an activating group) is 1. The quantitative estimate of drug-likeness (QED) is 0.652. The number of carbonyl (C=O) groups excluding carboxylic acids is 1. The lowest BCUT2D eigenvalue weighted by molar-refractivity contribution is -0.122. The van der Waals surface area contributed by atoms with Crippen molar-refractivity contribution < 1.29 is 9.53 Å². The van der Waals surface area contributed by atoms with E-state index in [4.69, 9.17) is 4.74 Å². The van der Waals surface area contributed by atoms with Crippen LogP contribution < -0.4 is 4.74 Å². The highest BCUT2D eigenvalue weighted by molar-refractivity contribution is 8.18. The Morgan fingerprint density at radius 1 is 1.11 bits per heavy atom. The van der Waals surface area contributed by atoms with Crippen molar-refractivity contribution in [2.45, 2.75) is 33.8 Å². The van der Waals surface area contributed by atoms with Gasteiger partial charge in [-0.15, -0.1) is 0 Å². The van der Waals surface area contributed by atoms with Gasteiger partial charge in [-0.25, -0.2) is 4.99 Å². The standard InChI is InChI=1S/C22H24N2O2S/c1-5-24-21(25)20(14-17-8-12-19(13-9-17)26-15(2)3)27-22(24)23-18-10-6-16(4)7-11-18/h6-15H,5H2,1-4H3/b20-14+,23-22?. The summed E-state index contributed by atoms with van der Waals surface area (Å²) < 4.78 is 5.67. The molecule has 0 aliphatic carbocycles. The van der Waals surface area contributed by atoms with Gasteiger partial charge in [-0.1, -0.05) is 29.8 Å². The second-order valence-corrected chi connectivity index (χ2v) is 7.63. The lowest BCUT2D eigenvalue weighted by Crippen LogP contribution is -2.28. The summed E-state index contributed by atoms with van der Waals surface area (Å²) in [5.41, 5.74) is 3.01. The van der Waals surface area contributed by atoms with Crippen molar-refractivity contribution >= 4 is 34.6 Å². The van der Waals surface area contributed by atoms with Crippen LogP contribution in [0.3, 0.4) is 0 Å². The van der Waals surface area contributed by atoms with Crippen LogP contribution in [0.4, 0.5) is 5.69 Å². The van der Waals surface area contributed by atoms with Gasteiger partial charge < -0.3 is 4.74 Å². The van der Waals surface area contributed by atoms with Gasteiger partial charge >= 0.3 is 0 Å². The largest absolute Gasteiger partial charge is 0.491 e. The number of amidine groups is 1. The van der Waals surface area contributed by atoms with Gasteiger partial charge in [0.2, 0.25) is 0 Å². The molecule has 1 fully saturated rings. The fraction of sp³-hybridized carbons (Fsp3) is 0.273. The summed E-state index contributed by atoms with van der Waals surface area (Å²) in [7, 11) is 0. The van der Waals surface area contributed by atoms with Crippen LogP contribution in [0.1, 0.15) is 31.9 Å². The van der Waals surface area contributed by atoms with Crippen molar-refractivity contribution in [3.63, 3.8) is 0 Å². The maximum absolute atomic E-state index is 12.7. The first-order valence-corrected chi connectivity index (χ1v) is 9.91. The van der Waals surface area contributed by atoms with Crippen molar-refractivity contribution in [3.05, 3.63) is 64.6 Å². The fourth-order valence-corrected chi connectivity index (χ4v) is 3.73. The molecule has 27 heavy (non-hydrogen) atoms. The Balaban J connectivity index is 1.83. The molecule has 0 saturated carbocycles. The molecule has 140 valence electrons. The Kier molecular flexibility index (Phi) is 6.01. The Bertz CT molecular complexity index is 868. The number of aryl methyl sites for hydroxylation is 1. The Labute approximate surface area is 164 Å². The molecular weight excluding hydrogens is 356 g/mol. The van der Waals surface area contributed by atoms with Crippen LogP contribution in [0.5, 0.6) is 5.75 Å². The third kappa shape index (κ3) is 4.80. The number of hydrogen-bond acceptors (Lipinski definition) is 4. The normalized spacial score (nSPS) is 17.4. The highest BCUT2D eigenvalue weighted by Crippen LogP contribution is 2.34. The molecule has 1 heterocycles. The van der Waals surface area contributed by atoms with Crippen LogP contribution >= 0.6 is 11.8 Å². The molecule has 2 aromatic rings. The second kappa shape index (κ2) is 8.44. The monoisotopic (exact) mass is 380 g/mol. The van der Waals surface area contributed by atoms with Crippen LogP contribution in [0.15, 0.2) is 58.4 Å². The number of hydrogen-bond donors (Lipinski definition) is 0. The molecule has 4 nitrogen and oxygen atoms in total. The van der Waals surface area contributed by atoms with Crippen molar-refractivity contribution in [1.82, 2.24) is 4.90 Å². The van der Waals surface area contributed by atoms with E-state index in [9.17, 15) is 4.79 Å². The number of aliphatic imine (C=N–C) groups is 1. The van der Waals surface area contributed by atoms with E-state index in [1.165, 1.54) is 17.3 Å². The van der Waals surface area contributed by atoms with Gasteiger partial charge in [-0.2, -0.15) is 0 Å². The average molecular weight is 381 g/mol. The van der Waals surface area contributed by atoms with E-state index in [2.05, 4.69) is 4.99 Å². The zero-order chi connectivity index (χ0) is 19.4. The van der Waals surface area contributed by atoms with Gasteiger partial charge in [0.15, 0.2) is 5.17 Å². The van der Waals surface area contributed by atoms with Gasteiger partial charge in [-0.05, 0) is 75.4 Å². The van der Waals surface area contributed by atoms with Gasteiger partial charge in [0.1, 0.15) is 5.75 Å². The molecule has 0 atom stereocenters. The molecule has 0 spiro atoms. The summed E-state index contributed by atoms with van der Waals surface area (Å²) in [6.07, 6.45) is 2.05. The maximum Gasteiger partial charge on any atom is 0.266 e. The van der Waals surface area contributed by atoms with Crippen LogP contribution in [0.25, 0.3) is 6.08 Å². The molecule has 0 radical (unpaired) electrons. The second-order valence-electron chi connectivity index (χ2n) is 6.63. The molecule has 0 unspecified atom stereocenters. The predicted octanol–water partition coefficient (Wildman–Crippen LogP) is 5.41. The van der Waals surface area contributed by atoms with Gasteiger partial charge in [0, 0.05) is 6.54 Å². The predicted molar refractivity (Wildman–Crippen MR) is 113 cm³/mol. The summed E-state index contributed by atoms with van der Waals surface area (Å²) in [6.45, 7) is 8.59. The Morgan fingerprint density at radius 2 is 1.78 bits per heavy atom. The number of thioether (sulfide) groups is 1. The van der Waals surface area contributed by atoms with E-state index in [1.807, 2.05) is 82.3 Å². The highest BCUT2D eigenvalue weighted by Gasteiger charge is 2.32. The fourth-order valence-electron chi connectivity index (χ4n) is 2.67. The topological polar surface area (TPSA) is 41.9 Å². The number of benzene rings is 2. The number of nitrogens with zero attached hydrogens (tertiary/aromatic N) is 2. The van der Waals surface area contributed by atoms with Crippen LogP contribution in [0.2, 0.25) is 0 Å². The van der Waals surface area contributed by atoms with E-state index in [1.54, 1.807) is 4.90 Å². The SMILES string of the molecule is CCN1C(=O)/C(=C\c2ccc(OC(C)C)cc2)SC1=Nc1ccc(C)cc1. The average Bonchev–Trinajstić information content (AvgIpc) is 2.92. The molecule has 0 aromatic heterocycles. The molecule has 1 amide bonds. The van der Waals surface area contributed by atoms with Crippen LogP contribution in [0, 0.1) is 6.92 Å². The first kappa shape index (κ1) is 19.2. The van der Waals surface area contributed by atoms with E-state index < -0.39 is 0 Å². The van der Waals surface area contributed by atoms with Crippen molar-refractivity contribution in [2.24, 2.45) is 4.99 Å². The zero-order valence-corrected chi connectivity index (χ0v) is 16.9. The molecule has 1 saturated heterocycles. The smallest absolute Gasteiger partial charge is 0.266 e. The molecule has 1 aliphatic rings. The summed E-state index contributed by atoms with van der Waals surface area (Å²) in [4.78, 5) is 19.8. The zero-order valence-electron chi connectivity index (χ0n) is 16.1. The molecule has 0 N–H and O–H groups in total. The molecule has 5 heteroatoms. The Hall–Kier alpha value is -2.53. The van der Waals surface area contributed by atoms with Crippen LogP contribution in [-0.2, 0) is 4.79 Å². The lowest BCUT2D eigenvalue weighted by atomic mass is 10.2. The van der Waals surface area contributed by atoms with Crippen molar-refractivity contribution in [1.29, 1.82) is 0 Å². The van der Waals surface area contributed by atoms with Gasteiger partial charge in [0.25, 0.3) is 5.91 Å². The van der Waals surface area contributed by atoms with Gasteiger partial charge in [0.05, 0.1) is 16.7 Å². The summed E-state index contributed by atoms with van der Waals surface area (Å²) >= 11 is 1.42. The first-order chi connectivity index (χ1) is 13.0. The van der Waals surface area contributed by atoms with Gasteiger partial charge in [-0.3, -0.25) is 9.69 Å². The molecule has 1 aliphatic heterocycles. The van der Waals surface area contributed by atoms with E-state index in [0.29, 0.717) is 11.4 Å². The minimum atomic E-state index is -0.00383. The minimum Gasteiger partial charge on any atom is -0.491 e. The Morgan fingerprint density at radius 3 is 2.37 bits per heavy atom. The number of ether oxygens (including phenoxy) is 1. The van der Waals surface area contributed by atoms with E-state index in [-0.39, 0.29) is 12.0 Å². The summed E-state index contributed by atoms with van der Waals surface area (Å²) in [6, 6.07) is 15.8. The first-order valence-electron chi connectivity index (χ1n) is 9.09. The summed E-state index contributed by atoms with van der Waals surface area (Å²) in [5.74, 6) is 0.824. The number of rotatable bonds is 5. The van der Waals surface area contributed by atoms with E-state index in [0.717, 1.165) is 22.2 Å². The lowest BCUT2D eigenvalue weighted by Gasteiger charge is -2.12. The number of amides is 1. The summed E-state index contributed by atoms with van der Waals surface area (Å²) in [5, 5.41) is 0.720. The van der Waals surface area contributed by atoms with Crippen molar-refractivity contribution in [3.8, 4) is 5.75 Å². The number of carbonyl (C=O) groups is 1. The van der Waals surface area contributed by atoms with E-state index >= 15 is 0 Å². The molecule has 3 rings (SSSR count). The van der Waals surface area contributed by atoms with Crippen molar-refractivity contribution in [2.75, 3.05) is 6.54 Å². The third-order valence-electron chi connectivity index (χ3n) is 4.01. The molecule has 2 aromatic carbocycles. The molecule has 0 bridgehead atoms. The van der Waals surface area contributed by atoms with Crippen LogP contribution in [-0.4, -0.2) is 28.6 Å². The minimum absolute atomic E-state index is 0.00383. The molecular formula is C22H24N2O2S.